The molecule has 0 heterocycles. The van der Waals surface area contributed by atoms with Crippen LogP contribution < -0.4 is 10.5 Å². The van der Waals surface area contributed by atoms with E-state index in [1.165, 1.54) is 32.1 Å². The van der Waals surface area contributed by atoms with E-state index in [-0.39, 0.29) is 5.75 Å². The molecular formula is C17H28N2O2S. The number of benzene rings is 1. The lowest BCUT2D eigenvalue weighted by atomic mass is 9.90. The van der Waals surface area contributed by atoms with E-state index in [1.54, 1.807) is 26.0 Å². The second-order valence-electron chi connectivity index (χ2n) is 7.10. The summed E-state index contributed by atoms with van der Waals surface area (Å²) in [7, 11) is -2.89. The van der Waals surface area contributed by atoms with Crippen LogP contribution in [0.1, 0.15) is 46.0 Å². The van der Waals surface area contributed by atoms with E-state index in [0.717, 1.165) is 0 Å². The summed E-state index contributed by atoms with van der Waals surface area (Å²) in [6.45, 7) is 4.31. The van der Waals surface area contributed by atoms with Crippen LogP contribution in [-0.4, -0.2) is 22.1 Å². The van der Waals surface area contributed by atoms with E-state index >= 15 is 0 Å². The Labute approximate surface area is 134 Å². The molecule has 1 atom stereocenters. The van der Waals surface area contributed by atoms with Crippen molar-refractivity contribution < 1.29 is 8.95 Å². The van der Waals surface area contributed by atoms with E-state index in [0.29, 0.717) is 23.2 Å². The third-order valence-corrected chi connectivity index (χ3v) is 6.14. The lowest BCUT2D eigenvalue weighted by Crippen LogP contribution is -2.39. The molecule has 1 aliphatic carbocycles. The number of nitrogens with one attached hydrogen (secondary N) is 1. The summed E-state index contributed by atoms with van der Waals surface area (Å²) in [5.74, 6) is 1.48. The van der Waals surface area contributed by atoms with Gasteiger partial charge in [0.05, 0.1) is 27.0 Å². The zero-order valence-corrected chi connectivity index (χ0v) is 14.5. The van der Waals surface area contributed by atoms with Crippen LogP contribution in [0.3, 0.4) is 0 Å². The number of hydrogen-bond donors (Lipinski definition) is 2. The summed E-state index contributed by atoms with van der Waals surface area (Å²) in [5.41, 5.74) is 5.30. The molecule has 1 saturated carbocycles. The summed E-state index contributed by atoms with van der Waals surface area (Å²) in [6, 6.07) is 7.15. The van der Waals surface area contributed by atoms with Gasteiger partial charge in [0, 0.05) is 5.54 Å². The summed E-state index contributed by atoms with van der Waals surface area (Å²) in [4.78, 5) is 0.507. The Morgan fingerprint density at radius 1 is 1.32 bits per heavy atom. The highest BCUT2D eigenvalue weighted by Gasteiger charge is 2.21. The van der Waals surface area contributed by atoms with Crippen LogP contribution in [0.4, 0.5) is 0 Å². The fraction of sp³-hybridized carbons (Fsp3) is 0.647. The zero-order valence-electron chi connectivity index (χ0n) is 13.6. The molecule has 0 spiro atoms. The average Bonchev–Trinajstić information content (AvgIpc) is 2.44. The minimum absolute atomic E-state index is 0.145. The molecule has 4 nitrogen and oxygen atoms in total. The highest BCUT2D eigenvalue weighted by molar-refractivity contribution is 7.92. The van der Waals surface area contributed by atoms with Crippen molar-refractivity contribution in [2.75, 3.05) is 12.4 Å². The quantitative estimate of drug-likeness (QED) is 0.836. The largest absolute Gasteiger partial charge is 0.493 e. The molecule has 5 heteroatoms. The van der Waals surface area contributed by atoms with Crippen molar-refractivity contribution in [3.8, 4) is 5.75 Å². The van der Waals surface area contributed by atoms with Crippen molar-refractivity contribution in [2.45, 2.75) is 56.4 Å². The van der Waals surface area contributed by atoms with Crippen LogP contribution >= 0.6 is 0 Å². The molecular weight excluding hydrogens is 296 g/mol. The van der Waals surface area contributed by atoms with Gasteiger partial charge in [0.2, 0.25) is 0 Å². The smallest absolute Gasteiger partial charge is 0.120 e. The number of ether oxygens (including phenoxy) is 1. The number of nitrogens with two attached hydrogens (primary N) is 1. The Balaban J connectivity index is 2.03. The van der Waals surface area contributed by atoms with E-state index in [1.807, 2.05) is 12.1 Å². The lowest BCUT2D eigenvalue weighted by molar-refractivity contribution is 0.208. The molecule has 1 aromatic rings. The first-order valence-electron chi connectivity index (χ1n) is 8.04. The predicted molar refractivity (Wildman–Crippen MR) is 90.8 cm³/mol. The second-order valence-corrected chi connectivity index (χ2v) is 9.21. The molecule has 1 aliphatic rings. The van der Waals surface area contributed by atoms with Gasteiger partial charge in [0.25, 0.3) is 0 Å². The molecule has 1 aromatic carbocycles. The normalized spacial score (nSPS) is 19.6. The maximum absolute atomic E-state index is 12.6. The molecule has 1 unspecified atom stereocenters. The van der Waals surface area contributed by atoms with Crippen LogP contribution in [0.25, 0.3) is 0 Å². The van der Waals surface area contributed by atoms with E-state index in [9.17, 15) is 4.21 Å². The maximum atomic E-state index is 12.6. The molecule has 0 bridgehead atoms. The highest BCUT2D eigenvalue weighted by atomic mass is 32.2. The first-order valence-corrected chi connectivity index (χ1v) is 9.77. The summed E-state index contributed by atoms with van der Waals surface area (Å²) >= 11 is 0. The van der Waals surface area contributed by atoms with Crippen LogP contribution in [-0.2, 0) is 9.73 Å². The molecule has 0 saturated heterocycles. The molecule has 0 aliphatic heterocycles. The van der Waals surface area contributed by atoms with E-state index in [4.69, 9.17) is 15.3 Å². The molecule has 124 valence electrons. The minimum atomic E-state index is -2.89. The number of rotatable bonds is 6. The molecule has 0 amide bonds. The van der Waals surface area contributed by atoms with Crippen molar-refractivity contribution in [1.29, 1.82) is 4.78 Å². The average molecular weight is 324 g/mol. The fourth-order valence-electron chi connectivity index (χ4n) is 2.94. The Morgan fingerprint density at radius 2 is 2.00 bits per heavy atom. The summed E-state index contributed by atoms with van der Waals surface area (Å²) < 4.78 is 26.6. The number of hydrogen-bond acceptors (Lipinski definition) is 4. The van der Waals surface area contributed by atoms with Gasteiger partial charge in [-0.25, -0.2) is 8.99 Å². The molecule has 0 aromatic heterocycles. The third kappa shape index (κ3) is 5.29. The maximum Gasteiger partial charge on any atom is 0.120 e. The van der Waals surface area contributed by atoms with Gasteiger partial charge < -0.3 is 10.5 Å². The molecule has 2 rings (SSSR count). The van der Waals surface area contributed by atoms with Gasteiger partial charge in [-0.2, -0.15) is 0 Å². The minimum Gasteiger partial charge on any atom is -0.493 e. The second kappa shape index (κ2) is 7.01. The molecule has 1 fully saturated rings. The van der Waals surface area contributed by atoms with Crippen molar-refractivity contribution in [2.24, 2.45) is 11.7 Å². The molecule has 0 radical (unpaired) electrons. The van der Waals surface area contributed by atoms with Gasteiger partial charge in [-0.3, -0.25) is 0 Å². The zero-order chi connectivity index (χ0) is 16.2. The Bertz CT molecular complexity index is 585. The van der Waals surface area contributed by atoms with Crippen molar-refractivity contribution in [3.63, 3.8) is 0 Å². The summed E-state index contributed by atoms with van der Waals surface area (Å²) in [6.07, 6.45) is 6.38. The fourth-order valence-corrected chi connectivity index (χ4v) is 4.76. The van der Waals surface area contributed by atoms with Crippen LogP contribution in [0, 0.1) is 10.7 Å². The molecule has 3 N–H and O–H groups in total. The Morgan fingerprint density at radius 3 is 2.64 bits per heavy atom. The lowest BCUT2D eigenvalue weighted by Gasteiger charge is -2.22. The first kappa shape index (κ1) is 17.3. The molecule has 22 heavy (non-hydrogen) atoms. The van der Waals surface area contributed by atoms with Gasteiger partial charge in [-0.05, 0) is 50.8 Å². The highest BCUT2D eigenvalue weighted by Crippen LogP contribution is 2.26. The topological polar surface area (TPSA) is 76.2 Å². The van der Waals surface area contributed by atoms with Gasteiger partial charge >= 0.3 is 0 Å². The summed E-state index contributed by atoms with van der Waals surface area (Å²) in [5, 5.41) is 0. The van der Waals surface area contributed by atoms with Crippen LogP contribution in [0.2, 0.25) is 0 Å². The van der Waals surface area contributed by atoms with Gasteiger partial charge in [0.1, 0.15) is 5.75 Å². The Hall–Kier alpha value is -1.07. The van der Waals surface area contributed by atoms with E-state index < -0.39 is 15.3 Å². The van der Waals surface area contributed by atoms with E-state index in [2.05, 4.69) is 0 Å². The SMILES string of the molecule is CC(C)(N)CS(=N)(=O)c1cccc(OCC2CCCCC2)c1. The van der Waals surface area contributed by atoms with Crippen LogP contribution in [0.5, 0.6) is 5.75 Å². The monoisotopic (exact) mass is 324 g/mol. The van der Waals surface area contributed by atoms with Crippen molar-refractivity contribution in [1.82, 2.24) is 0 Å². The Kier molecular flexibility index (Phi) is 5.50. The van der Waals surface area contributed by atoms with Crippen molar-refractivity contribution >= 4 is 9.73 Å². The van der Waals surface area contributed by atoms with Crippen molar-refractivity contribution in [3.05, 3.63) is 24.3 Å². The predicted octanol–water partition coefficient (Wildman–Crippen LogP) is 3.79. The van der Waals surface area contributed by atoms with Crippen LogP contribution in [0.15, 0.2) is 29.2 Å². The third-order valence-electron chi connectivity index (χ3n) is 3.97. The van der Waals surface area contributed by atoms with Gasteiger partial charge in [0.15, 0.2) is 0 Å². The van der Waals surface area contributed by atoms with Gasteiger partial charge in [-0.1, -0.05) is 25.3 Å². The standard InChI is InChI=1S/C17H28N2O2S/c1-17(2,18)13-22(19,20)16-10-6-9-15(11-16)21-12-14-7-4-3-5-8-14/h6,9-11,14,19H,3-5,7-8,12-13,18H2,1-2H3. The first-order chi connectivity index (χ1) is 10.3. The van der Waals surface area contributed by atoms with Gasteiger partial charge in [-0.15, -0.1) is 0 Å².